The van der Waals surface area contributed by atoms with Crippen LogP contribution in [0.15, 0.2) is 24.3 Å². The Morgan fingerprint density at radius 1 is 1.29 bits per heavy atom. The highest BCUT2D eigenvalue weighted by Crippen LogP contribution is 2.03. The summed E-state index contributed by atoms with van der Waals surface area (Å²) in [6.45, 7) is 0.201. The fourth-order valence-corrected chi connectivity index (χ4v) is 1.48. The van der Waals surface area contributed by atoms with E-state index in [1.54, 1.807) is 24.3 Å². The second-order valence-corrected chi connectivity index (χ2v) is 4.72. The molecule has 0 saturated heterocycles. The van der Waals surface area contributed by atoms with Crippen molar-refractivity contribution < 1.29 is 13.5 Å². The van der Waals surface area contributed by atoms with E-state index in [9.17, 15) is 8.42 Å². The molecule has 17 heavy (non-hydrogen) atoms. The van der Waals surface area contributed by atoms with E-state index >= 15 is 0 Å². The van der Waals surface area contributed by atoms with E-state index in [0.717, 1.165) is 11.1 Å². The van der Waals surface area contributed by atoms with Crippen LogP contribution in [-0.4, -0.2) is 20.1 Å². The van der Waals surface area contributed by atoms with Crippen molar-refractivity contribution in [1.82, 2.24) is 4.72 Å². The van der Waals surface area contributed by atoms with Gasteiger partial charge in [0, 0.05) is 18.5 Å². The second kappa shape index (κ2) is 6.37. The molecule has 4 N–H and O–H groups in total. The summed E-state index contributed by atoms with van der Waals surface area (Å²) in [6, 6.07) is 7.09. The summed E-state index contributed by atoms with van der Waals surface area (Å²) in [5, 5.41) is 13.4. The van der Waals surface area contributed by atoms with Gasteiger partial charge in [-0.3, -0.25) is 0 Å². The highest BCUT2D eigenvalue weighted by molar-refractivity contribution is 7.87. The minimum atomic E-state index is -3.66. The summed E-state index contributed by atoms with van der Waals surface area (Å²) in [6.07, 6.45) is 0.439. The highest BCUT2D eigenvalue weighted by Gasteiger charge is 2.00. The third-order valence-corrected chi connectivity index (χ3v) is 2.45. The van der Waals surface area contributed by atoms with Gasteiger partial charge in [-0.1, -0.05) is 24.0 Å². The maximum atomic E-state index is 10.7. The zero-order chi connectivity index (χ0) is 12.7. The molecule has 92 valence electrons. The SMILES string of the molecule is NS(=O)(=O)NCc1ccc(C#CCCO)cc1. The summed E-state index contributed by atoms with van der Waals surface area (Å²) in [4.78, 5) is 0. The summed E-state index contributed by atoms with van der Waals surface area (Å²) >= 11 is 0. The average Bonchev–Trinajstić information content (AvgIpc) is 2.27. The predicted molar refractivity (Wildman–Crippen MR) is 65.0 cm³/mol. The number of benzene rings is 1. The Morgan fingerprint density at radius 2 is 1.94 bits per heavy atom. The molecule has 0 unspecified atom stereocenters. The van der Waals surface area contributed by atoms with Gasteiger partial charge >= 0.3 is 0 Å². The van der Waals surface area contributed by atoms with Crippen LogP contribution in [0.3, 0.4) is 0 Å². The maximum Gasteiger partial charge on any atom is 0.274 e. The number of hydrogen-bond donors (Lipinski definition) is 3. The molecule has 5 nitrogen and oxygen atoms in total. The highest BCUT2D eigenvalue weighted by atomic mass is 32.2. The average molecular weight is 254 g/mol. The second-order valence-electron chi connectivity index (χ2n) is 3.34. The minimum absolute atomic E-state index is 0.0450. The van der Waals surface area contributed by atoms with Crippen LogP contribution in [0.2, 0.25) is 0 Å². The van der Waals surface area contributed by atoms with Gasteiger partial charge < -0.3 is 5.11 Å². The number of aliphatic hydroxyl groups excluding tert-OH is 1. The van der Waals surface area contributed by atoms with Crippen LogP contribution in [-0.2, 0) is 16.8 Å². The van der Waals surface area contributed by atoms with Crippen LogP contribution < -0.4 is 9.86 Å². The van der Waals surface area contributed by atoms with Gasteiger partial charge in [-0.05, 0) is 17.7 Å². The van der Waals surface area contributed by atoms with E-state index in [-0.39, 0.29) is 13.2 Å². The standard InChI is InChI=1S/C11H14N2O3S/c12-17(15,16)13-9-11-6-4-10(5-7-11)3-1-2-8-14/h4-7,13-14H,2,8-9H2,(H2,12,15,16). The largest absolute Gasteiger partial charge is 0.395 e. The Balaban J connectivity index is 2.60. The predicted octanol–water partition coefficient (Wildman–Crippen LogP) is -0.286. The van der Waals surface area contributed by atoms with Crippen molar-refractivity contribution in [2.75, 3.05) is 6.61 Å². The van der Waals surface area contributed by atoms with Crippen molar-refractivity contribution in [2.24, 2.45) is 5.14 Å². The molecule has 0 aliphatic heterocycles. The van der Waals surface area contributed by atoms with Gasteiger partial charge in [0.15, 0.2) is 0 Å². The van der Waals surface area contributed by atoms with E-state index in [1.807, 2.05) is 0 Å². The van der Waals surface area contributed by atoms with Crippen LogP contribution in [0.1, 0.15) is 17.5 Å². The molecule has 0 aromatic heterocycles. The van der Waals surface area contributed by atoms with E-state index in [2.05, 4.69) is 16.6 Å². The van der Waals surface area contributed by atoms with Crippen LogP contribution >= 0.6 is 0 Å². The van der Waals surface area contributed by atoms with Gasteiger partial charge in [-0.2, -0.15) is 13.1 Å². The number of nitrogens with two attached hydrogens (primary N) is 1. The van der Waals surface area contributed by atoms with Gasteiger partial charge in [0.05, 0.1) is 6.61 Å². The summed E-state index contributed by atoms with van der Waals surface area (Å²) in [5.74, 6) is 5.67. The molecule has 0 aliphatic carbocycles. The molecule has 6 heteroatoms. The Morgan fingerprint density at radius 3 is 2.47 bits per heavy atom. The normalized spacial score (nSPS) is 10.7. The molecule has 0 spiro atoms. The van der Waals surface area contributed by atoms with Crippen LogP contribution in [0.25, 0.3) is 0 Å². The lowest BCUT2D eigenvalue weighted by atomic mass is 10.1. The number of rotatable bonds is 4. The van der Waals surface area contributed by atoms with Crippen molar-refractivity contribution in [1.29, 1.82) is 0 Å². The van der Waals surface area contributed by atoms with E-state index in [0.29, 0.717) is 6.42 Å². The van der Waals surface area contributed by atoms with Crippen molar-refractivity contribution >= 4 is 10.2 Å². The molecule has 0 saturated carbocycles. The molecule has 0 fully saturated rings. The van der Waals surface area contributed by atoms with Crippen molar-refractivity contribution in [2.45, 2.75) is 13.0 Å². The van der Waals surface area contributed by atoms with Gasteiger partial charge in [0.1, 0.15) is 0 Å². The molecule has 0 heterocycles. The van der Waals surface area contributed by atoms with Crippen LogP contribution in [0, 0.1) is 11.8 Å². The first-order valence-corrected chi connectivity index (χ1v) is 6.52. The number of aliphatic hydroxyl groups is 1. The quantitative estimate of drug-likeness (QED) is 0.645. The Labute approximate surface area is 101 Å². The van der Waals surface area contributed by atoms with Gasteiger partial charge in [0.25, 0.3) is 10.2 Å². The van der Waals surface area contributed by atoms with E-state index < -0.39 is 10.2 Å². The molecular formula is C11H14N2O3S. The lowest BCUT2D eigenvalue weighted by Gasteiger charge is -2.01. The molecule has 0 bridgehead atoms. The topological polar surface area (TPSA) is 92.4 Å². The maximum absolute atomic E-state index is 10.7. The third-order valence-electron chi connectivity index (χ3n) is 1.90. The zero-order valence-corrected chi connectivity index (χ0v) is 10.00. The summed E-state index contributed by atoms with van der Waals surface area (Å²) in [5.41, 5.74) is 1.62. The molecule has 1 rings (SSSR count). The minimum Gasteiger partial charge on any atom is -0.395 e. The number of hydrogen-bond acceptors (Lipinski definition) is 3. The summed E-state index contributed by atoms with van der Waals surface area (Å²) < 4.78 is 23.5. The van der Waals surface area contributed by atoms with Gasteiger partial charge in [-0.25, -0.2) is 5.14 Å². The fourth-order valence-electron chi connectivity index (χ4n) is 1.11. The van der Waals surface area contributed by atoms with E-state index in [4.69, 9.17) is 10.2 Å². The lowest BCUT2D eigenvalue weighted by molar-refractivity contribution is 0.305. The molecular weight excluding hydrogens is 240 g/mol. The number of nitrogens with one attached hydrogen (secondary N) is 1. The van der Waals surface area contributed by atoms with E-state index in [1.165, 1.54) is 0 Å². The molecule has 0 atom stereocenters. The fraction of sp³-hybridized carbons (Fsp3) is 0.273. The monoisotopic (exact) mass is 254 g/mol. The molecule has 0 radical (unpaired) electrons. The molecule has 0 aliphatic rings. The van der Waals surface area contributed by atoms with Gasteiger partial charge in [0.2, 0.25) is 0 Å². The Bertz CT molecular complexity index is 512. The molecule has 0 amide bonds. The van der Waals surface area contributed by atoms with Crippen molar-refractivity contribution in [3.63, 3.8) is 0 Å². The molecule has 1 aromatic carbocycles. The van der Waals surface area contributed by atoms with Crippen molar-refractivity contribution in [3.8, 4) is 11.8 Å². The molecule has 1 aromatic rings. The first kappa shape index (κ1) is 13.7. The smallest absolute Gasteiger partial charge is 0.274 e. The lowest BCUT2D eigenvalue weighted by Crippen LogP contribution is -2.30. The first-order valence-electron chi connectivity index (χ1n) is 4.97. The van der Waals surface area contributed by atoms with Crippen molar-refractivity contribution in [3.05, 3.63) is 35.4 Å². The van der Waals surface area contributed by atoms with Crippen LogP contribution in [0.5, 0.6) is 0 Å². The zero-order valence-electron chi connectivity index (χ0n) is 9.18. The van der Waals surface area contributed by atoms with Gasteiger partial charge in [-0.15, -0.1) is 0 Å². The van der Waals surface area contributed by atoms with Crippen LogP contribution in [0.4, 0.5) is 0 Å². The Kier molecular flexibility index (Phi) is 5.12. The Hall–Kier alpha value is -1.39. The summed E-state index contributed by atoms with van der Waals surface area (Å²) in [7, 11) is -3.66. The third kappa shape index (κ3) is 6.04. The first-order chi connectivity index (χ1) is 8.01.